The molecule has 0 bridgehead atoms. The molecule has 0 amide bonds. The molecule has 2 aromatic rings. The maximum atomic E-state index is 12.4. The van der Waals surface area contributed by atoms with E-state index in [1.165, 1.54) is 12.1 Å². The lowest BCUT2D eigenvalue weighted by Crippen LogP contribution is -2.33. The zero-order valence-corrected chi connectivity index (χ0v) is 10.4. The smallest absolute Gasteiger partial charge is 0.489 e. The first-order valence-electron chi connectivity index (χ1n) is 5.93. The monoisotopic (exact) mass is 269 g/mol. The summed E-state index contributed by atoms with van der Waals surface area (Å²) in [6.45, 7) is -1.92. The van der Waals surface area contributed by atoms with Gasteiger partial charge in [0.1, 0.15) is 12.4 Å². The van der Waals surface area contributed by atoms with E-state index in [-0.39, 0.29) is 6.61 Å². The Balaban J connectivity index is 1.96. The van der Waals surface area contributed by atoms with Crippen LogP contribution in [0.25, 0.3) is 0 Å². The first kappa shape index (κ1) is 13.5. The standard InChI is InChI=1S/C12H13BF3N2O/c1-2-18-8-10(7-17-18)9-19-12-5-3-11(4-6-12)13(14,15)16/h3-8H,2,9H2,1H3/q-1. The quantitative estimate of drug-likeness (QED) is 0.780. The molecule has 19 heavy (non-hydrogen) atoms. The maximum Gasteiger partial charge on any atom is 0.509 e. The summed E-state index contributed by atoms with van der Waals surface area (Å²) in [7, 11) is 0. The van der Waals surface area contributed by atoms with Gasteiger partial charge in [-0.05, 0) is 19.1 Å². The molecular weight excluding hydrogens is 256 g/mol. The van der Waals surface area contributed by atoms with Gasteiger partial charge in [-0.25, -0.2) is 0 Å². The second-order valence-electron chi connectivity index (χ2n) is 4.14. The molecule has 0 aliphatic rings. The Bertz CT molecular complexity index is 537. The lowest BCUT2D eigenvalue weighted by Gasteiger charge is -2.15. The number of nitrogens with zero attached hydrogens (tertiary/aromatic N) is 2. The van der Waals surface area contributed by atoms with Crippen molar-refractivity contribution in [3.8, 4) is 5.75 Å². The van der Waals surface area contributed by atoms with E-state index in [2.05, 4.69) is 5.10 Å². The summed E-state index contributed by atoms with van der Waals surface area (Å²) in [5.74, 6) is 0.410. The van der Waals surface area contributed by atoms with Crippen LogP contribution in [-0.2, 0) is 13.2 Å². The Labute approximate surface area is 109 Å². The van der Waals surface area contributed by atoms with Crippen LogP contribution in [0.3, 0.4) is 0 Å². The third-order valence-corrected chi connectivity index (χ3v) is 2.67. The number of hydrogen-bond donors (Lipinski definition) is 0. The predicted octanol–water partition coefficient (Wildman–Crippen LogP) is 2.54. The van der Waals surface area contributed by atoms with Crippen LogP contribution in [0.15, 0.2) is 36.7 Å². The van der Waals surface area contributed by atoms with E-state index in [4.69, 9.17) is 4.74 Å². The van der Waals surface area contributed by atoms with Gasteiger partial charge < -0.3 is 17.7 Å². The number of aromatic nitrogens is 2. The SMILES string of the molecule is CCn1cc(COc2ccc([B-](F)(F)F)cc2)cn1. The van der Waals surface area contributed by atoms with Crippen molar-refractivity contribution in [2.45, 2.75) is 20.1 Å². The van der Waals surface area contributed by atoms with E-state index < -0.39 is 12.4 Å². The van der Waals surface area contributed by atoms with Crippen molar-refractivity contribution < 1.29 is 17.7 Å². The Kier molecular flexibility index (Phi) is 3.83. The van der Waals surface area contributed by atoms with E-state index in [0.717, 1.165) is 24.2 Å². The van der Waals surface area contributed by atoms with Gasteiger partial charge in [-0.3, -0.25) is 4.68 Å². The van der Waals surface area contributed by atoms with Crippen LogP contribution in [0.5, 0.6) is 5.75 Å². The molecule has 2 rings (SSSR count). The molecule has 0 N–H and O–H groups in total. The number of rotatable bonds is 5. The third-order valence-electron chi connectivity index (χ3n) is 2.67. The second kappa shape index (κ2) is 5.38. The molecule has 0 radical (unpaired) electrons. The predicted molar refractivity (Wildman–Crippen MR) is 67.4 cm³/mol. The van der Waals surface area contributed by atoms with Crippen LogP contribution in [-0.4, -0.2) is 16.8 Å². The molecule has 0 spiro atoms. The molecule has 1 heterocycles. The number of ether oxygens (including phenoxy) is 1. The largest absolute Gasteiger partial charge is 0.509 e. The summed E-state index contributed by atoms with van der Waals surface area (Å²) in [6, 6.07) is 4.72. The van der Waals surface area contributed by atoms with Crippen LogP contribution in [0.1, 0.15) is 12.5 Å². The van der Waals surface area contributed by atoms with Gasteiger partial charge in [0.15, 0.2) is 0 Å². The highest BCUT2D eigenvalue weighted by Crippen LogP contribution is 2.14. The lowest BCUT2D eigenvalue weighted by atomic mass is 9.80. The van der Waals surface area contributed by atoms with Gasteiger partial charge in [0, 0.05) is 18.3 Å². The van der Waals surface area contributed by atoms with E-state index in [1.807, 2.05) is 13.1 Å². The van der Waals surface area contributed by atoms with Gasteiger partial charge in [-0.15, -0.1) is 5.46 Å². The summed E-state index contributed by atoms with van der Waals surface area (Å²) in [5, 5.41) is 4.08. The highest BCUT2D eigenvalue weighted by atomic mass is 19.4. The molecule has 102 valence electrons. The number of hydrogen-bond acceptors (Lipinski definition) is 2. The van der Waals surface area contributed by atoms with Crippen LogP contribution in [0.4, 0.5) is 12.9 Å². The average molecular weight is 269 g/mol. The first-order valence-corrected chi connectivity index (χ1v) is 5.93. The Hall–Kier alpha value is -1.92. The van der Waals surface area contributed by atoms with Gasteiger partial charge in [0.25, 0.3) is 0 Å². The molecule has 0 saturated heterocycles. The lowest BCUT2D eigenvalue weighted by molar-refractivity contribution is 0.306. The summed E-state index contributed by atoms with van der Waals surface area (Å²) in [4.78, 5) is 0. The zero-order chi connectivity index (χ0) is 13.9. The van der Waals surface area contributed by atoms with Gasteiger partial charge in [-0.1, -0.05) is 12.1 Å². The Morgan fingerprint density at radius 2 is 1.89 bits per heavy atom. The number of benzene rings is 1. The summed E-state index contributed by atoms with van der Waals surface area (Å²) in [6.07, 6.45) is 3.52. The topological polar surface area (TPSA) is 27.1 Å². The fraction of sp³-hybridized carbons (Fsp3) is 0.250. The molecule has 0 saturated carbocycles. The van der Waals surface area contributed by atoms with Crippen molar-refractivity contribution in [3.05, 3.63) is 42.2 Å². The van der Waals surface area contributed by atoms with Crippen molar-refractivity contribution >= 4 is 12.4 Å². The normalized spacial score (nSPS) is 11.6. The Morgan fingerprint density at radius 1 is 1.21 bits per heavy atom. The second-order valence-corrected chi connectivity index (χ2v) is 4.14. The fourth-order valence-electron chi connectivity index (χ4n) is 1.60. The number of halogens is 3. The fourth-order valence-corrected chi connectivity index (χ4v) is 1.60. The minimum atomic E-state index is -4.95. The van der Waals surface area contributed by atoms with Crippen LogP contribution >= 0.6 is 0 Å². The van der Waals surface area contributed by atoms with Crippen LogP contribution < -0.4 is 10.2 Å². The third kappa shape index (κ3) is 3.53. The van der Waals surface area contributed by atoms with Gasteiger partial charge in [0.2, 0.25) is 0 Å². The first-order chi connectivity index (χ1) is 8.99. The Morgan fingerprint density at radius 3 is 2.42 bits per heavy atom. The van der Waals surface area contributed by atoms with Crippen molar-refractivity contribution in [3.63, 3.8) is 0 Å². The summed E-state index contributed by atoms with van der Waals surface area (Å²) in [5.41, 5.74) is 0.261. The van der Waals surface area contributed by atoms with Gasteiger partial charge >= 0.3 is 6.98 Å². The minimum Gasteiger partial charge on any atom is -0.489 e. The maximum absolute atomic E-state index is 12.4. The molecule has 7 heteroatoms. The van der Waals surface area contributed by atoms with E-state index in [9.17, 15) is 12.9 Å². The summed E-state index contributed by atoms with van der Waals surface area (Å²) < 4.78 is 44.4. The number of aryl methyl sites for hydroxylation is 1. The molecule has 0 unspecified atom stereocenters. The molecule has 3 nitrogen and oxygen atoms in total. The molecule has 1 aromatic carbocycles. The van der Waals surface area contributed by atoms with Crippen LogP contribution in [0.2, 0.25) is 0 Å². The molecule has 0 fully saturated rings. The van der Waals surface area contributed by atoms with Crippen LogP contribution in [0, 0.1) is 0 Å². The van der Waals surface area contributed by atoms with Crippen molar-refractivity contribution in [2.75, 3.05) is 0 Å². The molecule has 0 aliphatic heterocycles. The van der Waals surface area contributed by atoms with Crippen molar-refractivity contribution in [1.29, 1.82) is 0 Å². The minimum absolute atomic E-state index is 0.288. The van der Waals surface area contributed by atoms with E-state index in [1.54, 1.807) is 10.9 Å². The van der Waals surface area contributed by atoms with E-state index in [0.29, 0.717) is 5.75 Å². The molecule has 1 aromatic heterocycles. The molecular formula is C12H13BF3N2O-. The van der Waals surface area contributed by atoms with E-state index >= 15 is 0 Å². The zero-order valence-electron chi connectivity index (χ0n) is 10.4. The highest BCUT2D eigenvalue weighted by Gasteiger charge is 2.24. The summed E-state index contributed by atoms with van der Waals surface area (Å²) >= 11 is 0. The molecule has 0 atom stereocenters. The van der Waals surface area contributed by atoms with Crippen molar-refractivity contribution in [2.24, 2.45) is 0 Å². The molecule has 0 aliphatic carbocycles. The average Bonchev–Trinajstić information content (AvgIpc) is 2.84. The van der Waals surface area contributed by atoms with Crippen molar-refractivity contribution in [1.82, 2.24) is 9.78 Å². The van der Waals surface area contributed by atoms with Gasteiger partial charge in [-0.2, -0.15) is 5.10 Å². The highest BCUT2D eigenvalue weighted by molar-refractivity contribution is 6.73. The van der Waals surface area contributed by atoms with Gasteiger partial charge in [0.05, 0.1) is 6.20 Å².